The molecule has 0 saturated carbocycles. The van der Waals surface area contributed by atoms with E-state index in [0.29, 0.717) is 43.2 Å². The molecule has 3 aromatic rings. The van der Waals surface area contributed by atoms with Crippen LogP contribution in [0.15, 0.2) is 36.7 Å². The summed E-state index contributed by atoms with van der Waals surface area (Å²) in [6, 6.07) is 6.02. The van der Waals surface area contributed by atoms with E-state index in [1.165, 1.54) is 25.4 Å². The average Bonchev–Trinajstić information content (AvgIpc) is 3.24. The molecule has 12 heteroatoms. The molecular weight excluding hydrogens is 491 g/mol. The number of aromatic nitrogens is 3. The first-order valence-corrected chi connectivity index (χ1v) is 11.6. The summed E-state index contributed by atoms with van der Waals surface area (Å²) in [7, 11) is 3.16. The number of aliphatic hydroxyl groups excluding tert-OH is 1. The molecule has 4 heterocycles. The zero-order chi connectivity index (χ0) is 25.4. The standard InChI is InChI=1S/C24H24ClFN6O4/c1-30-13-15(11-19(30)23(34)31-6-8-36-9-7-31)28-24-27-12-14-10-16(20-17(25)4-3-5-18(20)26)22(33)32(35-2)21(14)29-24/h3-5,10-13,22,33H,6-9H2,1-2H3,(H,27,28,29). The summed E-state index contributed by atoms with van der Waals surface area (Å²) in [6.07, 6.45) is 3.50. The predicted molar refractivity (Wildman–Crippen MR) is 132 cm³/mol. The number of morpholine rings is 1. The SMILES string of the molecule is CON1c2nc(Nc3cc(C(=O)N4CCOCC4)n(C)c3)ncc2C=C(c2c(F)cccc2Cl)C1O. The fourth-order valence-electron chi connectivity index (χ4n) is 4.27. The molecule has 2 N–H and O–H groups in total. The quantitative estimate of drug-likeness (QED) is 0.535. The van der Waals surface area contributed by atoms with Gasteiger partial charge in [-0.1, -0.05) is 17.7 Å². The Labute approximate surface area is 211 Å². The molecule has 10 nitrogen and oxygen atoms in total. The Balaban J connectivity index is 1.43. The molecule has 188 valence electrons. The van der Waals surface area contributed by atoms with Gasteiger partial charge in [-0.2, -0.15) is 4.98 Å². The zero-order valence-corrected chi connectivity index (χ0v) is 20.4. The molecule has 1 amide bonds. The molecule has 1 atom stereocenters. The van der Waals surface area contributed by atoms with E-state index in [2.05, 4.69) is 15.3 Å². The Kier molecular flexibility index (Phi) is 6.63. The number of amides is 1. The largest absolute Gasteiger partial charge is 0.378 e. The van der Waals surface area contributed by atoms with Crippen molar-refractivity contribution >= 4 is 46.6 Å². The number of fused-ring (bicyclic) bond motifs is 1. The second-order valence-electron chi connectivity index (χ2n) is 8.31. The van der Waals surface area contributed by atoms with Gasteiger partial charge in [0.25, 0.3) is 5.91 Å². The molecule has 1 unspecified atom stereocenters. The van der Waals surface area contributed by atoms with Crippen molar-refractivity contribution in [2.24, 2.45) is 7.05 Å². The highest BCUT2D eigenvalue weighted by Gasteiger charge is 2.32. The van der Waals surface area contributed by atoms with Crippen LogP contribution in [0.5, 0.6) is 0 Å². The number of anilines is 3. The van der Waals surface area contributed by atoms with E-state index in [-0.39, 0.29) is 33.8 Å². The fraction of sp³-hybridized carbons (Fsp3) is 0.292. The highest BCUT2D eigenvalue weighted by atomic mass is 35.5. The number of halogens is 2. The lowest BCUT2D eigenvalue weighted by Crippen LogP contribution is -2.41. The third-order valence-corrected chi connectivity index (χ3v) is 6.36. The van der Waals surface area contributed by atoms with Crippen LogP contribution in [0, 0.1) is 5.82 Å². The van der Waals surface area contributed by atoms with E-state index in [1.807, 2.05) is 0 Å². The molecule has 0 aliphatic carbocycles. The molecule has 2 aliphatic rings. The van der Waals surface area contributed by atoms with Gasteiger partial charge >= 0.3 is 0 Å². The maximum Gasteiger partial charge on any atom is 0.270 e. The molecule has 36 heavy (non-hydrogen) atoms. The third-order valence-electron chi connectivity index (χ3n) is 6.04. The van der Waals surface area contributed by atoms with E-state index in [0.717, 1.165) is 5.06 Å². The minimum absolute atomic E-state index is 0.0725. The van der Waals surface area contributed by atoms with E-state index in [9.17, 15) is 14.3 Å². The second-order valence-corrected chi connectivity index (χ2v) is 8.71. The monoisotopic (exact) mass is 514 g/mol. The number of benzene rings is 1. The van der Waals surface area contributed by atoms with Gasteiger partial charge in [0.2, 0.25) is 5.95 Å². The number of ether oxygens (including phenoxy) is 1. The van der Waals surface area contributed by atoms with Gasteiger partial charge in [-0.3, -0.25) is 9.63 Å². The smallest absolute Gasteiger partial charge is 0.270 e. The van der Waals surface area contributed by atoms with E-state index in [4.69, 9.17) is 21.2 Å². The maximum absolute atomic E-state index is 14.6. The van der Waals surface area contributed by atoms with Crippen molar-refractivity contribution in [2.75, 3.05) is 43.8 Å². The number of hydroxylamine groups is 1. The molecule has 1 fully saturated rings. The Bertz CT molecular complexity index is 1320. The molecule has 2 aliphatic heterocycles. The van der Waals surface area contributed by atoms with Crippen LogP contribution < -0.4 is 10.4 Å². The molecule has 0 radical (unpaired) electrons. The third kappa shape index (κ3) is 4.42. The van der Waals surface area contributed by atoms with Crippen LogP contribution in [0.4, 0.5) is 21.8 Å². The average molecular weight is 515 g/mol. The van der Waals surface area contributed by atoms with Crippen LogP contribution in [0.2, 0.25) is 5.02 Å². The van der Waals surface area contributed by atoms with E-state index in [1.54, 1.807) is 40.9 Å². The summed E-state index contributed by atoms with van der Waals surface area (Å²) in [6.45, 7) is 2.13. The molecule has 2 aromatic heterocycles. The first-order chi connectivity index (χ1) is 17.4. The lowest BCUT2D eigenvalue weighted by molar-refractivity contribution is 0.0296. The van der Waals surface area contributed by atoms with Gasteiger partial charge in [0.05, 0.1) is 31.0 Å². The molecule has 5 rings (SSSR count). The Morgan fingerprint density at radius 3 is 2.83 bits per heavy atom. The van der Waals surface area contributed by atoms with Gasteiger partial charge in [0.1, 0.15) is 11.5 Å². The van der Waals surface area contributed by atoms with Crippen molar-refractivity contribution < 1.29 is 23.9 Å². The molecule has 0 bridgehead atoms. The number of hydrogen-bond acceptors (Lipinski definition) is 8. The van der Waals surface area contributed by atoms with Crippen LogP contribution in [0.25, 0.3) is 11.6 Å². The van der Waals surface area contributed by atoms with Gasteiger partial charge in [0.15, 0.2) is 12.0 Å². The highest BCUT2D eigenvalue weighted by Crippen LogP contribution is 2.38. The van der Waals surface area contributed by atoms with E-state index >= 15 is 0 Å². The number of nitrogens with zero attached hydrogens (tertiary/aromatic N) is 5. The number of aryl methyl sites for hydroxylation is 1. The fourth-order valence-corrected chi connectivity index (χ4v) is 4.54. The zero-order valence-electron chi connectivity index (χ0n) is 19.6. The molecule has 0 spiro atoms. The van der Waals surface area contributed by atoms with Crippen molar-refractivity contribution in [2.45, 2.75) is 6.23 Å². The number of carbonyl (C=O) groups is 1. The van der Waals surface area contributed by atoms with Crippen molar-refractivity contribution in [3.63, 3.8) is 0 Å². The number of hydrogen-bond donors (Lipinski definition) is 2. The second kappa shape index (κ2) is 9.86. The Hall–Kier alpha value is -3.51. The summed E-state index contributed by atoms with van der Waals surface area (Å²) in [5, 5.41) is 15.4. The number of carbonyl (C=O) groups excluding carboxylic acids is 1. The minimum atomic E-state index is -1.37. The highest BCUT2D eigenvalue weighted by molar-refractivity contribution is 6.32. The summed E-state index contributed by atoms with van der Waals surface area (Å²) in [5.41, 5.74) is 1.91. The lowest BCUT2D eigenvalue weighted by Gasteiger charge is -2.33. The summed E-state index contributed by atoms with van der Waals surface area (Å²) in [4.78, 5) is 28.9. The van der Waals surface area contributed by atoms with E-state index < -0.39 is 12.0 Å². The minimum Gasteiger partial charge on any atom is -0.378 e. The van der Waals surface area contributed by atoms with Crippen molar-refractivity contribution in [1.82, 2.24) is 19.4 Å². The Morgan fingerprint density at radius 2 is 2.11 bits per heavy atom. The lowest BCUT2D eigenvalue weighted by atomic mass is 9.98. The van der Waals surface area contributed by atoms with Crippen molar-refractivity contribution in [1.29, 1.82) is 0 Å². The van der Waals surface area contributed by atoms with Crippen LogP contribution >= 0.6 is 11.6 Å². The summed E-state index contributed by atoms with van der Waals surface area (Å²) < 4.78 is 21.6. The molecule has 1 aromatic carbocycles. The summed E-state index contributed by atoms with van der Waals surface area (Å²) in [5.74, 6) is -0.157. The van der Waals surface area contributed by atoms with Crippen molar-refractivity contribution in [3.8, 4) is 0 Å². The normalized spacial score (nSPS) is 17.6. The molecular formula is C24H24ClFN6O4. The van der Waals surface area contributed by atoms with Crippen LogP contribution in [-0.4, -0.2) is 70.1 Å². The molecule has 1 saturated heterocycles. The van der Waals surface area contributed by atoms with Gasteiger partial charge < -0.3 is 24.6 Å². The van der Waals surface area contributed by atoms with Crippen LogP contribution in [0.1, 0.15) is 21.6 Å². The number of aliphatic hydroxyl groups is 1. The van der Waals surface area contributed by atoms with Gasteiger partial charge in [0, 0.05) is 49.2 Å². The number of rotatable bonds is 5. The van der Waals surface area contributed by atoms with Gasteiger partial charge in [-0.25, -0.2) is 14.4 Å². The first-order valence-electron chi connectivity index (χ1n) is 11.2. The maximum atomic E-state index is 14.6. The van der Waals surface area contributed by atoms with Gasteiger partial charge in [-0.05, 0) is 24.3 Å². The summed E-state index contributed by atoms with van der Waals surface area (Å²) >= 11 is 6.22. The predicted octanol–water partition coefficient (Wildman–Crippen LogP) is 3.06. The van der Waals surface area contributed by atoms with Crippen molar-refractivity contribution in [3.05, 3.63) is 64.3 Å². The van der Waals surface area contributed by atoms with Gasteiger partial charge in [-0.15, -0.1) is 0 Å². The Morgan fingerprint density at radius 1 is 1.33 bits per heavy atom. The van der Waals surface area contributed by atoms with Crippen LogP contribution in [-0.2, 0) is 16.6 Å². The van der Waals surface area contributed by atoms with Crippen LogP contribution in [0.3, 0.4) is 0 Å². The first kappa shape index (κ1) is 24.2. The number of nitrogens with one attached hydrogen (secondary N) is 1. The topological polar surface area (TPSA) is 105 Å².